The van der Waals surface area contributed by atoms with Crippen molar-refractivity contribution in [2.24, 2.45) is 0 Å². The molecule has 7 nitrogen and oxygen atoms in total. The third-order valence-corrected chi connectivity index (χ3v) is 8.38. The standard InChI is InChI=1S/C18H20N4O3S3/c1-11-8-14(12(2)22(11)13-5-7-28(24,25)10-13)15(23)9-27-18-19-17(20-21-18)16-4-3-6-26-16/h3-4,6,8,13H,5,7,9-10H2,1-2H3,(H,19,20,21)/t13-/m1/s1. The number of hydrogen-bond donors (Lipinski definition) is 1. The number of thiophene rings is 1. The molecule has 1 N–H and O–H groups in total. The van der Waals surface area contributed by atoms with E-state index in [1.165, 1.54) is 11.8 Å². The highest BCUT2D eigenvalue weighted by Gasteiger charge is 2.31. The minimum Gasteiger partial charge on any atom is -0.344 e. The zero-order chi connectivity index (χ0) is 19.9. The number of hydrogen-bond acceptors (Lipinski definition) is 7. The average molecular weight is 437 g/mol. The molecule has 4 heterocycles. The maximum atomic E-state index is 12.8. The summed E-state index contributed by atoms with van der Waals surface area (Å²) in [5.41, 5.74) is 2.40. The highest BCUT2D eigenvalue weighted by atomic mass is 32.2. The molecule has 1 aliphatic heterocycles. The van der Waals surface area contributed by atoms with Crippen molar-refractivity contribution in [3.8, 4) is 10.7 Å². The first-order valence-corrected chi connectivity index (χ1v) is 12.5. The van der Waals surface area contributed by atoms with Gasteiger partial charge in [-0.1, -0.05) is 17.8 Å². The number of Topliss-reactive ketones (excluding diaryl/α,β-unsaturated/α-hetero) is 1. The molecule has 0 spiro atoms. The Morgan fingerprint density at radius 2 is 2.25 bits per heavy atom. The molecule has 0 amide bonds. The summed E-state index contributed by atoms with van der Waals surface area (Å²) in [5, 5.41) is 9.58. The minimum atomic E-state index is -2.98. The molecule has 1 atom stereocenters. The van der Waals surface area contributed by atoms with Crippen LogP contribution in [0.4, 0.5) is 0 Å². The first kappa shape index (κ1) is 19.4. The molecule has 4 rings (SSSR count). The summed E-state index contributed by atoms with van der Waals surface area (Å²) in [5.74, 6) is 1.28. The van der Waals surface area contributed by atoms with E-state index in [2.05, 4.69) is 15.2 Å². The van der Waals surface area contributed by atoms with Crippen LogP contribution in [-0.2, 0) is 9.84 Å². The zero-order valence-corrected chi connectivity index (χ0v) is 18.0. The molecular formula is C18H20N4O3S3. The van der Waals surface area contributed by atoms with E-state index in [0.717, 1.165) is 16.3 Å². The monoisotopic (exact) mass is 436 g/mol. The first-order chi connectivity index (χ1) is 13.3. The fraction of sp³-hybridized carbons (Fsp3) is 0.389. The van der Waals surface area contributed by atoms with Crippen molar-refractivity contribution >= 4 is 38.7 Å². The number of nitrogens with zero attached hydrogens (tertiary/aromatic N) is 3. The summed E-state index contributed by atoms with van der Waals surface area (Å²) >= 11 is 2.87. The van der Waals surface area contributed by atoms with Gasteiger partial charge in [-0.2, -0.15) is 0 Å². The lowest BCUT2D eigenvalue weighted by molar-refractivity contribution is 0.102. The van der Waals surface area contributed by atoms with E-state index in [0.29, 0.717) is 23.0 Å². The van der Waals surface area contributed by atoms with Crippen LogP contribution in [0.5, 0.6) is 0 Å². The highest BCUT2D eigenvalue weighted by Crippen LogP contribution is 2.30. The highest BCUT2D eigenvalue weighted by molar-refractivity contribution is 7.99. The Morgan fingerprint density at radius 1 is 1.43 bits per heavy atom. The van der Waals surface area contributed by atoms with E-state index in [1.807, 2.05) is 42.0 Å². The van der Waals surface area contributed by atoms with Crippen LogP contribution in [0, 0.1) is 13.8 Å². The summed E-state index contributed by atoms with van der Waals surface area (Å²) in [4.78, 5) is 18.2. The topological polar surface area (TPSA) is 97.7 Å². The molecule has 0 unspecified atom stereocenters. The van der Waals surface area contributed by atoms with Crippen molar-refractivity contribution < 1.29 is 13.2 Å². The van der Waals surface area contributed by atoms with Crippen LogP contribution in [-0.4, -0.2) is 51.2 Å². The van der Waals surface area contributed by atoms with Gasteiger partial charge in [-0.3, -0.25) is 9.89 Å². The van der Waals surface area contributed by atoms with Gasteiger partial charge >= 0.3 is 0 Å². The smallest absolute Gasteiger partial charge is 0.209 e. The Balaban J connectivity index is 1.46. The van der Waals surface area contributed by atoms with E-state index in [4.69, 9.17) is 0 Å². The van der Waals surface area contributed by atoms with Gasteiger partial charge in [0.15, 0.2) is 21.4 Å². The third-order valence-electron chi connectivity index (χ3n) is 4.91. The lowest BCUT2D eigenvalue weighted by Crippen LogP contribution is -2.14. The molecule has 1 fully saturated rings. The summed E-state index contributed by atoms with van der Waals surface area (Å²) < 4.78 is 25.7. The van der Waals surface area contributed by atoms with Gasteiger partial charge in [0.25, 0.3) is 0 Å². The van der Waals surface area contributed by atoms with Crippen LogP contribution in [0.25, 0.3) is 10.7 Å². The van der Waals surface area contributed by atoms with E-state index in [-0.39, 0.29) is 29.1 Å². The number of aromatic nitrogens is 4. The Labute approximate surface area is 171 Å². The molecule has 28 heavy (non-hydrogen) atoms. The Kier molecular flexibility index (Phi) is 5.19. The fourth-order valence-corrected chi connectivity index (χ4v) is 6.69. The van der Waals surface area contributed by atoms with Crippen LogP contribution in [0.3, 0.4) is 0 Å². The van der Waals surface area contributed by atoms with Crippen molar-refractivity contribution in [1.82, 2.24) is 19.7 Å². The largest absolute Gasteiger partial charge is 0.344 e. The molecule has 0 aromatic carbocycles. The second-order valence-corrected chi connectivity index (χ2v) is 11.0. The Hall–Kier alpha value is -1.91. The van der Waals surface area contributed by atoms with Gasteiger partial charge in [0, 0.05) is 23.0 Å². The lowest BCUT2D eigenvalue weighted by Gasteiger charge is -2.16. The predicted molar refractivity (Wildman–Crippen MR) is 111 cm³/mol. The molecular weight excluding hydrogens is 416 g/mol. The van der Waals surface area contributed by atoms with Crippen LogP contribution in [0.2, 0.25) is 0 Å². The summed E-state index contributed by atoms with van der Waals surface area (Å²) in [6.45, 7) is 3.81. The van der Waals surface area contributed by atoms with Crippen molar-refractivity contribution in [1.29, 1.82) is 0 Å². The molecule has 0 saturated carbocycles. The van der Waals surface area contributed by atoms with Gasteiger partial charge in [0.1, 0.15) is 0 Å². The van der Waals surface area contributed by atoms with Gasteiger partial charge in [-0.25, -0.2) is 13.4 Å². The quantitative estimate of drug-likeness (QED) is 0.470. The van der Waals surface area contributed by atoms with Gasteiger partial charge in [0.2, 0.25) is 5.16 Å². The van der Waals surface area contributed by atoms with Crippen LogP contribution in [0.15, 0.2) is 28.7 Å². The lowest BCUT2D eigenvalue weighted by atomic mass is 10.2. The molecule has 0 radical (unpaired) electrons. The van der Waals surface area contributed by atoms with E-state index < -0.39 is 9.84 Å². The predicted octanol–water partition coefficient (Wildman–Crippen LogP) is 3.29. The molecule has 1 aliphatic rings. The van der Waals surface area contributed by atoms with Crippen LogP contribution >= 0.6 is 23.1 Å². The van der Waals surface area contributed by atoms with E-state index in [1.54, 1.807) is 11.3 Å². The number of carbonyl (C=O) groups is 1. The van der Waals surface area contributed by atoms with Crippen LogP contribution in [0.1, 0.15) is 34.2 Å². The number of carbonyl (C=O) groups excluding carboxylic acids is 1. The zero-order valence-electron chi connectivity index (χ0n) is 15.5. The summed E-state index contributed by atoms with van der Waals surface area (Å²) in [7, 11) is -2.98. The maximum Gasteiger partial charge on any atom is 0.209 e. The molecule has 1 saturated heterocycles. The number of aryl methyl sites for hydroxylation is 1. The number of thioether (sulfide) groups is 1. The average Bonchev–Trinajstić information content (AvgIpc) is 3.40. The number of ketones is 1. The van der Waals surface area contributed by atoms with Crippen molar-refractivity contribution in [3.05, 3.63) is 40.5 Å². The fourth-order valence-electron chi connectivity index (χ4n) is 3.64. The summed E-state index contributed by atoms with van der Waals surface area (Å²) in [6.07, 6.45) is 0.601. The Morgan fingerprint density at radius 3 is 2.93 bits per heavy atom. The number of nitrogens with one attached hydrogen (secondary N) is 1. The Bertz CT molecular complexity index is 1110. The van der Waals surface area contributed by atoms with Gasteiger partial charge in [-0.05, 0) is 37.8 Å². The molecule has 0 aliphatic carbocycles. The van der Waals surface area contributed by atoms with Crippen molar-refractivity contribution in [3.63, 3.8) is 0 Å². The number of sulfone groups is 1. The van der Waals surface area contributed by atoms with Gasteiger partial charge < -0.3 is 4.57 Å². The first-order valence-electron chi connectivity index (χ1n) is 8.85. The number of rotatable bonds is 6. The van der Waals surface area contributed by atoms with Gasteiger partial charge in [-0.15, -0.1) is 16.4 Å². The van der Waals surface area contributed by atoms with Crippen LogP contribution < -0.4 is 0 Å². The van der Waals surface area contributed by atoms with Crippen molar-refractivity contribution in [2.45, 2.75) is 31.5 Å². The van der Waals surface area contributed by atoms with Gasteiger partial charge in [0.05, 0.1) is 22.1 Å². The normalized spacial score (nSPS) is 18.6. The molecule has 148 valence electrons. The van der Waals surface area contributed by atoms with E-state index in [9.17, 15) is 13.2 Å². The molecule has 10 heteroatoms. The minimum absolute atomic E-state index is 0.00678. The molecule has 3 aromatic rings. The second-order valence-electron chi connectivity index (χ2n) is 6.87. The van der Waals surface area contributed by atoms with Crippen molar-refractivity contribution in [2.75, 3.05) is 17.3 Å². The second kappa shape index (κ2) is 7.49. The van der Waals surface area contributed by atoms with E-state index >= 15 is 0 Å². The number of H-pyrrole nitrogens is 1. The maximum absolute atomic E-state index is 12.8. The SMILES string of the molecule is Cc1cc(C(=O)CSc2n[nH]c(-c3cccs3)n2)c(C)n1[C@@H]1CCS(=O)(=O)C1. The third kappa shape index (κ3) is 3.81. The summed E-state index contributed by atoms with van der Waals surface area (Å²) in [6, 6.07) is 5.69. The number of aromatic amines is 1. The molecule has 3 aromatic heterocycles. The molecule has 0 bridgehead atoms.